The molecule has 4 nitrogen and oxygen atoms in total. The van der Waals surface area contributed by atoms with Crippen LogP contribution in [0.2, 0.25) is 0 Å². The Balaban J connectivity index is 1.88. The van der Waals surface area contributed by atoms with Gasteiger partial charge in [0.05, 0.1) is 25.0 Å². The molecule has 0 saturated carbocycles. The quantitative estimate of drug-likeness (QED) is 0.866. The summed E-state index contributed by atoms with van der Waals surface area (Å²) in [5.74, 6) is -0.388. The van der Waals surface area contributed by atoms with Crippen LogP contribution < -0.4 is 0 Å². The normalized spacial score (nSPS) is 21.8. The fraction of sp³-hybridized carbons (Fsp3) is 0.429. The summed E-state index contributed by atoms with van der Waals surface area (Å²) in [5.41, 5.74) is 0.822. The van der Waals surface area contributed by atoms with Gasteiger partial charge in [-0.2, -0.15) is 5.10 Å². The van der Waals surface area contributed by atoms with Gasteiger partial charge in [0.2, 0.25) is 0 Å². The zero-order valence-electron chi connectivity index (χ0n) is 11.1. The molecule has 1 unspecified atom stereocenters. The van der Waals surface area contributed by atoms with Crippen LogP contribution in [0.15, 0.2) is 24.4 Å². The van der Waals surface area contributed by atoms with Crippen molar-refractivity contribution in [2.24, 2.45) is 0 Å². The molecule has 0 aliphatic carbocycles. The minimum absolute atomic E-state index is 0.0659. The number of aryl methyl sites for hydroxylation is 1. The van der Waals surface area contributed by atoms with Crippen LogP contribution in [0.4, 0.5) is 8.78 Å². The molecule has 0 radical (unpaired) electrons. The van der Waals surface area contributed by atoms with Crippen LogP contribution in [0.3, 0.4) is 0 Å². The molecule has 0 fully saturated rings. The first kappa shape index (κ1) is 13.2. The van der Waals surface area contributed by atoms with Crippen molar-refractivity contribution in [3.05, 3.63) is 35.9 Å². The number of hydrogen-bond donors (Lipinski definition) is 0. The molecule has 0 amide bonds. The Morgan fingerprint density at radius 3 is 2.95 bits per heavy atom. The van der Waals surface area contributed by atoms with E-state index in [1.54, 1.807) is 10.7 Å². The summed E-state index contributed by atoms with van der Waals surface area (Å²) in [4.78, 5) is 4.00. The highest BCUT2D eigenvalue weighted by Crippen LogP contribution is 2.29. The Hall–Kier alpha value is -1.82. The van der Waals surface area contributed by atoms with Gasteiger partial charge >= 0.3 is 0 Å². The highest BCUT2D eigenvalue weighted by atomic mass is 19.1. The van der Waals surface area contributed by atoms with Gasteiger partial charge < -0.3 is 4.74 Å². The number of aromatic nitrogens is 3. The molecule has 1 atom stereocenters. The van der Waals surface area contributed by atoms with Crippen molar-refractivity contribution in [2.75, 3.05) is 13.7 Å². The lowest BCUT2D eigenvalue weighted by Crippen LogP contribution is -2.39. The maximum Gasteiger partial charge on any atom is 0.153 e. The van der Waals surface area contributed by atoms with Crippen LogP contribution >= 0.6 is 0 Å². The largest absolute Gasteiger partial charge is 0.381 e. The lowest BCUT2D eigenvalue weighted by atomic mass is 9.96. The van der Waals surface area contributed by atoms with Crippen molar-refractivity contribution in [3.8, 4) is 11.4 Å². The molecule has 1 aliphatic rings. The van der Waals surface area contributed by atoms with E-state index in [1.807, 2.05) is 6.07 Å². The predicted octanol–water partition coefficient (Wildman–Crippen LogP) is 2.39. The number of nitrogens with zero attached hydrogens (tertiary/aromatic N) is 3. The molecule has 2 aromatic rings. The van der Waals surface area contributed by atoms with Gasteiger partial charge in [0.1, 0.15) is 11.5 Å². The molecule has 0 spiro atoms. The molecule has 1 aliphatic heterocycles. The number of fused-ring (bicyclic) bond motifs is 1. The molecule has 3 rings (SSSR count). The smallest absolute Gasteiger partial charge is 0.153 e. The van der Waals surface area contributed by atoms with E-state index in [4.69, 9.17) is 4.74 Å². The van der Waals surface area contributed by atoms with Gasteiger partial charge in [-0.3, -0.25) is 9.67 Å². The first-order valence-electron chi connectivity index (χ1n) is 6.46. The summed E-state index contributed by atoms with van der Waals surface area (Å²) in [6.07, 6.45) is 2.18. The van der Waals surface area contributed by atoms with Crippen LogP contribution in [0, 0.1) is 5.82 Å². The summed E-state index contributed by atoms with van der Waals surface area (Å²) < 4.78 is 33.9. The highest BCUT2D eigenvalue weighted by molar-refractivity contribution is 5.54. The number of alkyl halides is 1. The Bertz CT molecular complexity index is 611. The van der Waals surface area contributed by atoms with Gasteiger partial charge in [-0.1, -0.05) is 0 Å². The van der Waals surface area contributed by atoms with Crippen LogP contribution in [-0.2, 0) is 17.7 Å². The summed E-state index contributed by atoms with van der Waals surface area (Å²) in [5, 5.41) is 4.36. The molecule has 20 heavy (non-hydrogen) atoms. The van der Waals surface area contributed by atoms with Crippen LogP contribution in [0.1, 0.15) is 12.1 Å². The second-order valence-corrected chi connectivity index (χ2v) is 5.12. The number of pyridine rings is 1. The lowest BCUT2D eigenvalue weighted by Gasteiger charge is -2.29. The first-order chi connectivity index (χ1) is 9.59. The van der Waals surface area contributed by atoms with Crippen molar-refractivity contribution in [1.82, 2.24) is 14.8 Å². The zero-order valence-corrected chi connectivity index (χ0v) is 11.1. The highest BCUT2D eigenvalue weighted by Gasteiger charge is 2.35. The molecule has 0 N–H and O–H groups in total. The molecule has 0 saturated heterocycles. The van der Waals surface area contributed by atoms with Crippen LogP contribution in [-0.4, -0.2) is 34.1 Å². The van der Waals surface area contributed by atoms with Crippen molar-refractivity contribution in [1.29, 1.82) is 0 Å². The number of methoxy groups -OCH3 is 1. The number of ether oxygens (including phenoxy) is 1. The average Bonchev–Trinajstić information content (AvgIpc) is 2.82. The van der Waals surface area contributed by atoms with Gasteiger partial charge in [0.25, 0.3) is 0 Å². The molecule has 0 bridgehead atoms. The Labute approximate surface area is 115 Å². The van der Waals surface area contributed by atoms with Gasteiger partial charge in [0.15, 0.2) is 5.67 Å². The molecular weight excluding hydrogens is 264 g/mol. The van der Waals surface area contributed by atoms with E-state index >= 15 is 0 Å². The predicted molar refractivity (Wildman–Crippen MR) is 69.5 cm³/mol. The Morgan fingerprint density at radius 1 is 1.40 bits per heavy atom. The standard InChI is InChI=1S/C14H15F2N3O/c1-20-9-14(16)5-4-11-6-13(18-19(11)8-14)12-3-2-10(15)7-17-12/h2-3,6-7H,4-5,8-9H2,1H3. The number of rotatable bonds is 3. The van der Waals surface area contributed by atoms with E-state index in [-0.39, 0.29) is 19.0 Å². The van der Waals surface area contributed by atoms with Crippen LogP contribution in [0.5, 0.6) is 0 Å². The molecule has 6 heteroatoms. The third-order valence-electron chi connectivity index (χ3n) is 3.52. The van der Waals surface area contributed by atoms with Gasteiger partial charge in [-0.05, 0) is 31.0 Å². The van der Waals surface area contributed by atoms with Crippen molar-refractivity contribution < 1.29 is 13.5 Å². The third-order valence-corrected chi connectivity index (χ3v) is 3.52. The number of hydrogen-bond acceptors (Lipinski definition) is 3. The van der Waals surface area contributed by atoms with E-state index in [0.29, 0.717) is 24.2 Å². The lowest BCUT2D eigenvalue weighted by molar-refractivity contribution is 0.00993. The van der Waals surface area contributed by atoms with E-state index in [0.717, 1.165) is 11.9 Å². The van der Waals surface area contributed by atoms with Crippen LogP contribution in [0.25, 0.3) is 11.4 Å². The maximum absolute atomic E-state index is 14.5. The fourth-order valence-electron chi connectivity index (χ4n) is 2.52. The molecule has 106 valence electrons. The Morgan fingerprint density at radius 2 is 2.25 bits per heavy atom. The fourth-order valence-corrected chi connectivity index (χ4v) is 2.52. The van der Waals surface area contributed by atoms with Crippen molar-refractivity contribution in [2.45, 2.75) is 25.1 Å². The van der Waals surface area contributed by atoms with E-state index in [1.165, 1.54) is 13.2 Å². The zero-order chi connectivity index (χ0) is 14.2. The van der Waals surface area contributed by atoms with E-state index in [9.17, 15) is 8.78 Å². The topological polar surface area (TPSA) is 39.9 Å². The monoisotopic (exact) mass is 279 g/mol. The molecule has 3 heterocycles. The first-order valence-corrected chi connectivity index (χ1v) is 6.46. The number of halogens is 2. The second-order valence-electron chi connectivity index (χ2n) is 5.12. The van der Waals surface area contributed by atoms with E-state index in [2.05, 4.69) is 10.1 Å². The van der Waals surface area contributed by atoms with Gasteiger partial charge in [-0.25, -0.2) is 8.78 Å². The van der Waals surface area contributed by atoms with Gasteiger partial charge in [0, 0.05) is 12.8 Å². The van der Waals surface area contributed by atoms with Gasteiger partial charge in [-0.15, -0.1) is 0 Å². The summed E-state index contributed by atoms with van der Waals surface area (Å²) in [6.45, 7) is 0.244. The molecular formula is C14H15F2N3O. The Kier molecular flexibility index (Phi) is 3.25. The summed E-state index contributed by atoms with van der Waals surface area (Å²) in [6, 6.07) is 4.79. The average molecular weight is 279 g/mol. The summed E-state index contributed by atoms with van der Waals surface area (Å²) >= 11 is 0. The summed E-state index contributed by atoms with van der Waals surface area (Å²) in [7, 11) is 1.49. The second kappa shape index (κ2) is 4.94. The SMILES string of the molecule is COCC1(F)CCc2cc(-c3ccc(F)cn3)nn2C1. The molecule has 0 aromatic carbocycles. The van der Waals surface area contributed by atoms with Crippen molar-refractivity contribution in [3.63, 3.8) is 0 Å². The third kappa shape index (κ3) is 2.43. The van der Waals surface area contributed by atoms with E-state index < -0.39 is 5.67 Å². The minimum Gasteiger partial charge on any atom is -0.381 e. The molecule has 2 aromatic heterocycles. The van der Waals surface area contributed by atoms with Crippen molar-refractivity contribution >= 4 is 0 Å². The minimum atomic E-state index is -1.37. The maximum atomic E-state index is 14.5.